The van der Waals surface area contributed by atoms with E-state index in [0.29, 0.717) is 22.9 Å². The third kappa shape index (κ3) is 6.66. The molecule has 0 unspecified atom stereocenters. The van der Waals surface area contributed by atoms with Crippen molar-refractivity contribution in [2.45, 2.75) is 6.92 Å². The fourth-order valence-corrected chi connectivity index (χ4v) is 4.05. The minimum atomic E-state index is -3.70. The van der Waals surface area contributed by atoms with Crippen LogP contribution in [-0.2, 0) is 14.8 Å². The zero-order valence-electron chi connectivity index (χ0n) is 17.5. The molecule has 1 N–H and O–H groups in total. The number of hydrazone groups is 1. The maximum Gasteiger partial charge on any atom is 0.260 e. The predicted octanol–water partition coefficient (Wildman–Crippen LogP) is 4.55. The molecule has 166 valence electrons. The van der Waals surface area contributed by atoms with Crippen molar-refractivity contribution in [3.63, 3.8) is 0 Å². The normalized spacial score (nSPS) is 11.7. The summed E-state index contributed by atoms with van der Waals surface area (Å²) in [5, 5.41) is 4.08. The van der Waals surface area contributed by atoms with Gasteiger partial charge in [-0.15, -0.1) is 0 Å². The molecule has 0 aliphatic carbocycles. The molecule has 0 atom stereocenters. The molecule has 0 aliphatic rings. The van der Waals surface area contributed by atoms with Gasteiger partial charge in [-0.3, -0.25) is 9.10 Å². The molecule has 0 heterocycles. The number of rotatable bonds is 8. The summed E-state index contributed by atoms with van der Waals surface area (Å²) >= 11 is 3.39. The molecule has 0 fully saturated rings. The van der Waals surface area contributed by atoms with Crippen LogP contribution in [0.5, 0.6) is 11.5 Å². The number of hydrogen-bond acceptors (Lipinski definition) is 5. The first-order valence-electron chi connectivity index (χ1n) is 9.62. The topological polar surface area (TPSA) is 88.1 Å². The molecule has 0 saturated carbocycles. The van der Waals surface area contributed by atoms with Gasteiger partial charge in [-0.25, -0.2) is 13.8 Å². The monoisotopic (exact) mass is 515 g/mol. The highest BCUT2D eigenvalue weighted by atomic mass is 79.9. The van der Waals surface area contributed by atoms with Crippen LogP contribution in [0.2, 0.25) is 0 Å². The van der Waals surface area contributed by atoms with Gasteiger partial charge in [0.25, 0.3) is 5.91 Å². The molecular formula is C23H22BrN3O4S. The molecule has 0 spiro atoms. The lowest BCUT2D eigenvalue weighted by Gasteiger charge is -2.21. The molecule has 3 aromatic carbocycles. The summed E-state index contributed by atoms with van der Waals surface area (Å²) < 4.78 is 32.3. The Morgan fingerprint density at radius 3 is 2.28 bits per heavy atom. The lowest BCUT2D eigenvalue weighted by molar-refractivity contribution is -0.119. The Labute approximate surface area is 195 Å². The van der Waals surface area contributed by atoms with Crippen LogP contribution in [0.3, 0.4) is 0 Å². The first-order chi connectivity index (χ1) is 15.2. The summed E-state index contributed by atoms with van der Waals surface area (Å²) in [5.74, 6) is 0.653. The maximum absolute atomic E-state index is 12.4. The number of halogens is 1. The molecule has 32 heavy (non-hydrogen) atoms. The van der Waals surface area contributed by atoms with E-state index in [9.17, 15) is 13.2 Å². The van der Waals surface area contributed by atoms with Crippen LogP contribution in [-0.4, -0.2) is 32.8 Å². The summed E-state index contributed by atoms with van der Waals surface area (Å²) in [5.41, 5.74) is 4.18. The zero-order valence-corrected chi connectivity index (χ0v) is 19.9. The molecule has 0 aliphatic heterocycles. The van der Waals surface area contributed by atoms with Crippen LogP contribution in [0, 0.1) is 0 Å². The third-order valence-corrected chi connectivity index (χ3v) is 6.02. The third-order valence-electron chi connectivity index (χ3n) is 4.38. The predicted molar refractivity (Wildman–Crippen MR) is 130 cm³/mol. The second-order valence-corrected chi connectivity index (χ2v) is 9.74. The van der Waals surface area contributed by atoms with Gasteiger partial charge in [0.15, 0.2) is 0 Å². The van der Waals surface area contributed by atoms with Crippen LogP contribution < -0.4 is 14.5 Å². The first-order valence-corrected chi connectivity index (χ1v) is 12.3. The number of nitrogens with one attached hydrogen (secondary N) is 1. The summed E-state index contributed by atoms with van der Waals surface area (Å²) in [6, 6.07) is 23.2. The summed E-state index contributed by atoms with van der Waals surface area (Å²) in [6.45, 7) is 1.34. The van der Waals surface area contributed by atoms with Crippen molar-refractivity contribution in [2.75, 3.05) is 17.1 Å². The number of sulfonamides is 1. The lowest BCUT2D eigenvalue weighted by atomic mass is 10.1. The van der Waals surface area contributed by atoms with Gasteiger partial charge >= 0.3 is 0 Å². The fourth-order valence-electron chi connectivity index (χ4n) is 2.80. The van der Waals surface area contributed by atoms with Crippen molar-refractivity contribution in [3.05, 3.63) is 88.9 Å². The van der Waals surface area contributed by atoms with E-state index >= 15 is 0 Å². The summed E-state index contributed by atoms with van der Waals surface area (Å²) in [7, 11) is -3.70. The molecule has 9 heteroatoms. The summed E-state index contributed by atoms with van der Waals surface area (Å²) in [6.07, 6.45) is 1.05. The Bertz CT molecular complexity index is 1210. The minimum Gasteiger partial charge on any atom is -0.457 e. The van der Waals surface area contributed by atoms with Gasteiger partial charge in [0.1, 0.15) is 18.0 Å². The van der Waals surface area contributed by atoms with E-state index in [4.69, 9.17) is 4.74 Å². The van der Waals surface area contributed by atoms with E-state index in [1.54, 1.807) is 31.2 Å². The average Bonchev–Trinajstić information content (AvgIpc) is 2.76. The molecule has 3 rings (SSSR count). The number of benzene rings is 3. The van der Waals surface area contributed by atoms with Gasteiger partial charge in [0.2, 0.25) is 10.0 Å². The minimum absolute atomic E-state index is 0.343. The number of hydrogen-bond donors (Lipinski definition) is 1. The zero-order chi connectivity index (χ0) is 23.1. The lowest BCUT2D eigenvalue weighted by Crippen LogP contribution is -2.39. The average molecular weight is 516 g/mol. The van der Waals surface area contributed by atoms with E-state index in [-0.39, 0.29) is 0 Å². The maximum atomic E-state index is 12.4. The molecule has 0 aromatic heterocycles. The fraction of sp³-hybridized carbons (Fsp3) is 0.130. The van der Waals surface area contributed by atoms with Gasteiger partial charge in [-0.05, 0) is 61.0 Å². The Morgan fingerprint density at radius 2 is 1.66 bits per heavy atom. The highest BCUT2D eigenvalue weighted by Gasteiger charge is 2.21. The quantitative estimate of drug-likeness (QED) is 0.352. The number of amides is 1. The van der Waals surface area contributed by atoms with E-state index in [0.717, 1.165) is 20.6 Å². The first kappa shape index (κ1) is 23.5. The number of nitrogens with zero attached hydrogens (tertiary/aromatic N) is 2. The number of ether oxygens (including phenoxy) is 1. The van der Waals surface area contributed by atoms with E-state index < -0.39 is 22.5 Å². The standard InChI is InChI=1S/C23H22BrN3O4S/c1-17(18-7-6-8-19(24)15-18)25-26-23(28)16-27(32(2,29)30)20-11-13-22(14-12-20)31-21-9-4-3-5-10-21/h3-15H,16H2,1-2H3,(H,26,28)/b25-17-. The molecule has 0 radical (unpaired) electrons. The Balaban J connectivity index is 1.70. The van der Waals surface area contributed by atoms with Crippen molar-refractivity contribution in [2.24, 2.45) is 5.10 Å². The van der Waals surface area contributed by atoms with Crippen molar-refractivity contribution >= 4 is 43.3 Å². The van der Waals surface area contributed by atoms with Crippen molar-refractivity contribution in [1.82, 2.24) is 5.43 Å². The SMILES string of the molecule is C/C(=N/NC(=O)CN(c1ccc(Oc2ccccc2)cc1)S(C)(=O)=O)c1cccc(Br)c1. The van der Waals surface area contributed by atoms with Crippen molar-refractivity contribution in [1.29, 1.82) is 0 Å². The molecule has 1 amide bonds. The number of carbonyl (C=O) groups excluding carboxylic acids is 1. The van der Waals surface area contributed by atoms with E-state index in [1.165, 1.54) is 0 Å². The Morgan fingerprint density at radius 1 is 1.00 bits per heavy atom. The Hall–Kier alpha value is -3.17. The van der Waals surface area contributed by atoms with Gasteiger partial charge in [0, 0.05) is 4.47 Å². The number of para-hydroxylation sites is 1. The van der Waals surface area contributed by atoms with Crippen LogP contribution in [0.4, 0.5) is 5.69 Å². The van der Waals surface area contributed by atoms with Crippen LogP contribution >= 0.6 is 15.9 Å². The second-order valence-electron chi connectivity index (χ2n) is 6.92. The smallest absolute Gasteiger partial charge is 0.260 e. The van der Waals surface area contributed by atoms with Crippen LogP contribution in [0.1, 0.15) is 12.5 Å². The highest BCUT2D eigenvalue weighted by molar-refractivity contribution is 9.10. The van der Waals surface area contributed by atoms with Gasteiger partial charge in [-0.1, -0.05) is 46.3 Å². The number of anilines is 1. The van der Waals surface area contributed by atoms with Gasteiger partial charge in [0.05, 0.1) is 17.7 Å². The second kappa shape index (κ2) is 10.4. The molecule has 0 saturated heterocycles. The Kier molecular flexibility index (Phi) is 7.66. The van der Waals surface area contributed by atoms with E-state index in [1.807, 2.05) is 54.6 Å². The highest BCUT2D eigenvalue weighted by Crippen LogP contribution is 2.25. The van der Waals surface area contributed by atoms with Gasteiger partial charge in [-0.2, -0.15) is 5.10 Å². The molecule has 0 bridgehead atoms. The van der Waals surface area contributed by atoms with Crippen molar-refractivity contribution < 1.29 is 17.9 Å². The van der Waals surface area contributed by atoms with Crippen LogP contribution in [0.25, 0.3) is 0 Å². The van der Waals surface area contributed by atoms with E-state index in [2.05, 4.69) is 26.5 Å². The number of carbonyl (C=O) groups is 1. The summed E-state index contributed by atoms with van der Waals surface area (Å²) in [4.78, 5) is 12.4. The largest absolute Gasteiger partial charge is 0.457 e. The van der Waals surface area contributed by atoms with Crippen molar-refractivity contribution in [3.8, 4) is 11.5 Å². The molecular weight excluding hydrogens is 494 g/mol. The molecule has 3 aromatic rings. The molecule has 7 nitrogen and oxygen atoms in total. The van der Waals surface area contributed by atoms with Crippen LogP contribution in [0.15, 0.2) is 88.4 Å². The van der Waals surface area contributed by atoms with Gasteiger partial charge < -0.3 is 4.74 Å².